The number of hydrogen-bond donors (Lipinski definition) is 1. The Morgan fingerprint density at radius 3 is 2.75 bits per heavy atom. The number of aromatic carboxylic acids is 1. The molecule has 0 saturated heterocycles. The average molecular weight is 323 g/mol. The van der Waals surface area contributed by atoms with Crippen molar-refractivity contribution in [3.8, 4) is 0 Å². The average Bonchev–Trinajstić information content (AvgIpc) is 2.55. The van der Waals surface area contributed by atoms with Crippen LogP contribution in [0.15, 0.2) is 47.6 Å². The molecule has 3 rings (SSSR count). The molecule has 3 heteroatoms. The first-order chi connectivity index (χ1) is 11.5. The predicted octanol–water partition coefficient (Wildman–Crippen LogP) is 4.17. The fourth-order valence-corrected chi connectivity index (χ4v) is 3.64. The largest absolute Gasteiger partial charge is 0.478 e. The second-order valence-electron chi connectivity index (χ2n) is 7.11. The Kier molecular flexibility index (Phi) is 4.72. The number of fused-ring (bicyclic) bond motifs is 1. The molecule has 0 aromatic heterocycles. The fourth-order valence-electron chi connectivity index (χ4n) is 3.64. The lowest BCUT2D eigenvalue weighted by molar-refractivity contribution is 0.0697. The quantitative estimate of drug-likeness (QED) is 0.904. The number of carbonyl (C=O) groups is 1. The van der Waals surface area contributed by atoms with Gasteiger partial charge in [-0.3, -0.25) is 0 Å². The molecule has 1 atom stereocenters. The predicted molar refractivity (Wildman–Crippen MR) is 98.2 cm³/mol. The van der Waals surface area contributed by atoms with Crippen LogP contribution in [0.3, 0.4) is 0 Å². The smallest absolute Gasteiger partial charge is 0.335 e. The van der Waals surface area contributed by atoms with Crippen LogP contribution in [0.5, 0.6) is 0 Å². The van der Waals surface area contributed by atoms with Gasteiger partial charge in [-0.15, -0.1) is 0 Å². The van der Waals surface area contributed by atoms with Crippen LogP contribution in [0.4, 0.5) is 0 Å². The molecule has 0 spiro atoms. The summed E-state index contributed by atoms with van der Waals surface area (Å²) in [5, 5.41) is 9.30. The van der Waals surface area contributed by atoms with Crippen molar-refractivity contribution in [1.82, 2.24) is 4.90 Å². The second-order valence-corrected chi connectivity index (χ2v) is 7.11. The Balaban J connectivity index is 1.95. The number of hydrogen-bond acceptors (Lipinski definition) is 2. The Hall–Kier alpha value is -2.13. The minimum absolute atomic E-state index is 0.370. The number of rotatable bonds is 4. The summed E-state index contributed by atoms with van der Waals surface area (Å²) in [6.45, 7) is 3.27. The summed E-state index contributed by atoms with van der Waals surface area (Å²) in [7, 11) is 4.19. The van der Waals surface area contributed by atoms with Gasteiger partial charge in [-0.2, -0.15) is 0 Å². The maximum absolute atomic E-state index is 11.3. The van der Waals surface area contributed by atoms with Gasteiger partial charge >= 0.3 is 5.97 Å². The summed E-state index contributed by atoms with van der Waals surface area (Å²) in [6, 6.07) is 5.54. The lowest BCUT2D eigenvalue weighted by Crippen LogP contribution is -2.20. The van der Waals surface area contributed by atoms with E-state index in [1.165, 1.54) is 22.3 Å². The zero-order valence-electron chi connectivity index (χ0n) is 14.7. The normalized spacial score (nSPS) is 20.2. The van der Waals surface area contributed by atoms with Crippen LogP contribution in [0.1, 0.15) is 41.3 Å². The van der Waals surface area contributed by atoms with Gasteiger partial charge in [-0.05, 0) is 73.7 Å². The summed E-state index contributed by atoms with van der Waals surface area (Å²) in [6.07, 6.45) is 9.78. The summed E-state index contributed by atoms with van der Waals surface area (Å²) in [4.78, 5) is 13.5. The number of carboxylic acid groups (broad SMARTS) is 1. The van der Waals surface area contributed by atoms with Crippen molar-refractivity contribution in [1.29, 1.82) is 0 Å². The molecule has 0 heterocycles. The van der Waals surface area contributed by atoms with Crippen molar-refractivity contribution in [2.75, 3.05) is 20.6 Å². The number of nitrogens with zero attached hydrogens (tertiary/aromatic N) is 1. The Bertz CT molecular complexity index is 753. The molecule has 2 aliphatic carbocycles. The van der Waals surface area contributed by atoms with E-state index < -0.39 is 5.97 Å². The summed E-state index contributed by atoms with van der Waals surface area (Å²) >= 11 is 0. The molecular formula is C21H25NO2. The monoisotopic (exact) mass is 323 g/mol. The first-order valence-electron chi connectivity index (χ1n) is 8.57. The van der Waals surface area contributed by atoms with Gasteiger partial charge in [0.2, 0.25) is 0 Å². The van der Waals surface area contributed by atoms with Crippen molar-refractivity contribution in [2.45, 2.75) is 26.2 Å². The van der Waals surface area contributed by atoms with E-state index in [1.807, 2.05) is 12.1 Å². The first kappa shape index (κ1) is 16.7. The fraction of sp³-hybridized carbons (Fsp3) is 0.381. The van der Waals surface area contributed by atoms with Crippen LogP contribution < -0.4 is 0 Å². The van der Waals surface area contributed by atoms with Gasteiger partial charge in [0.1, 0.15) is 0 Å². The number of likely N-dealkylation sites (N-methyl/N-ethyl adjacent to an activating group) is 1. The minimum Gasteiger partial charge on any atom is -0.478 e. The van der Waals surface area contributed by atoms with E-state index in [0.29, 0.717) is 11.5 Å². The summed E-state index contributed by atoms with van der Waals surface area (Å²) in [5.74, 6) is -0.344. The molecule has 1 aromatic rings. The molecule has 0 bridgehead atoms. The summed E-state index contributed by atoms with van der Waals surface area (Å²) < 4.78 is 0. The molecule has 24 heavy (non-hydrogen) atoms. The highest BCUT2D eigenvalue weighted by Gasteiger charge is 2.22. The van der Waals surface area contributed by atoms with Gasteiger partial charge in [0.25, 0.3) is 0 Å². The number of allylic oxidation sites excluding steroid dienone is 5. The molecule has 0 radical (unpaired) electrons. The third-order valence-electron chi connectivity index (χ3n) is 4.91. The molecule has 1 N–H and O–H groups in total. The lowest BCUT2D eigenvalue weighted by atomic mass is 9.79. The van der Waals surface area contributed by atoms with Crippen LogP contribution in [-0.2, 0) is 6.42 Å². The molecule has 1 unspecified atom stereocenters. The van der Waals surface area contributed by atoms with E-state index >= 15 is 0 Å². The van der Waals surface area contributed by atoms with Crippen molar-refractivity contribution >= 4 is 11.5 Å². The Morgan fingerprint density at radius 2 is 2.08 bits per heavy atom. The van der Waals surface area contributed by atoms with Crippen molar-refractivity contribution < 1.29 is 9.90 Å². The van der Waals surface area contributed by atoms with Crippen LogP contribution in [-0.4, -0.2) is 36.6 Å². The van der Waals surface area contributed by atoms with Gasteiger partial charge in [0.05, 0.1) is 5.56 Å². The third-order valence-corrected chi connectivity index (χ3v) is 4.91. The molecule has 0 amide bonds. The maximum atomic E-state index is 11.3. The third kappa shape index (κ3) is 3.36. The highest BCUT2D eigenvalue weighted by Crippen LogP contribution is 2.38. The van der Waals surface area contributed by atoms with E-state index in [2.05, 4.69) is 44.1 Å². The van der Waals surface area contributed by atoms with Crippen LogP contribution in [0, 0.1) is 5.92 Å². The molecule has 3 nitrogen and oxygen atoms in total. The van der Waals surface area contributed by atoms with Gasteiger partial charge in [-0.1, -0.05) is 36.8 Å². The van der Waals surface area contributed by atoms with E-state index in [-0.39, 0.29) is 0 Å². The second kappa shape index (κ2) is 6.78. The zero-order valence-corrected chi connectivity index (χ0v) is 14.7. The number of carboxylic acids is 1. The maximum Gasteiger partial charge on any atom is 0.335 e. The van der Waals surface area contributed by atoms with Crippen LogP contribution in [0.2, 0.25) is 0 Å². The van der Waals surface area contributed by atoms with Crippen molar-refractivity contribution in [3.05, 3.63) is 64.3 Å². The van der Waals surface area contributed by atoms with Gasteiger partial charge in [0, 0.05) is 6.54 Å². The highest BCUT2D eigenvalue weighted by molar-refractivity contribution is 5.91. The first-order valence-corrected chi connectivity index (χ1v) is 8.57. The van der Waals surface area contributed by atoms with Crippen molar-refractivity contribution in [2.24, 2.45) is 5.92 Å². The van der Waals surface area contributed by atoms with Gasteiger partial charge < -0.3 is 10.0 Å². The van der Waals surface area contributed by atoms with Crippen molar-refractivity contribution in [3.63, 3.8) is 0 Å². The minimum atomic E-state index is -0.859. The molecule has 0 saturated carbocycles. The summed E-state index contributed by atoms with van der Waals surface area (Å²) in [5.41, 5.74) is 6.74. The molecule has 126 valence electrons. The Labute approximate surface area is 144 Å². The number of aryl methyl sites for hydroxylation is 1. The SMILES string of the molecule is CC1CC(C2=CCCc3ccc(C(=O)O)cc32)=CC=C1CN(C)C. The van der Waals surface area contributed by atoms with Gasteiger partial charge in [0.15, 0.2) is 0 Å². The Morgan fingerprint density at radius 1 is 1.29 bits per heavy atom. The van der Waals surface area contributed by atoms with Crippen LogP contribution in [0.25, 0.3) is 5.57 Å². The molecule has 0 fully saturated rings. The van der Waals surface area contributed by atoms with E-state index in [0.717, 1.165) is 31.4 Å². The molecular weight excluding hydrogens is 298 g/mol. The molecule has 0 aliphatic heterocycles. The van der Waals surface area contributed by atoms with E-state index in [1.54, 1.807) is 6.07 Å². The van der Waals surface area contributed by atoms with Gasteiger partial charge in [-0.25, -0.2) is 4.79 Å². The van der Waals surface area contributed by atoms with E-state index in [9.17, 15) is 9.90 Å². The van der Waals surface area contributed by atoms with E-state index in [4.69, 9.17) is 0 Å². The standard InChI is InChI=1S/C21H25NO2/c1-14-11-16(8-10-18(14)13-22(2)3)19-6-4-5-15-7-9-17(21(23)24)12-20(15)19/h6-10,12,14H,4-5,11,13H2,1-3H3,(H,23,24). The van der Waals surface area contributed by atoms with Crippen LogP contribution >= 0.6 is 0 Å². The number of benzene rings is 1. The molecule has 1 aromatic carbocycles. The topological polar surface area (TPSA) is 40.5 Å². The lowest BCUT2D eigenvalue weighted by Gasteiger charge is -2.27. The highest BCUT2D eigenvalue weighted by atomic mass is 16.4. The zero-order chi connectivity index (χ0) is 17.3. The molecule has 2 aliphatic rings.